The van der Waals surface area contributed by atoms with Gasteiger partial charge < -0.3 is 5.11 Å². The minimum atomic E-state index is -1.04. The Balaban J connectivity index is 2.44. The van der Waals surface area contributed by atoms with Crippen molar-refractivity contribution in [2.75, 3.05) is 0 Å². The van der Waals surface area contributed by atoms with Crippen LogP contribution in [0, 0.1) is 10.1 Å². The van der Waals surface area contributed by atoms with Gasteiger partial charge in [-0.3, -0.25) is 14.8 Å². The predicted octanol–water partition coefficient (Wildman–Crippen LogP) is 2.74. The minimum Gasteiger partial charge on any atom is -0.478 e. The highest BCUT2D eigenvalue weighted by Crippen LogP contribution is 2.37. The highest BCUT2D eigenvalue weighted by atomic mass is 32.2. The minimum absolute atomic E-state index is 0.0225. The van der Waals surface area contributed by atoms with E-state index in [1.54, 1.807) is 26.1 Å². The zero-order valence-corrected chi connectivity index (χ0v) is 12.3. The third kappa shape index (κ3) is 3.05. The van der Waals surface area contributed by atoms with E-state index in [1.165, 1.54) is 16.8 Å². The largest absolute Gasteiger partial charge is 0.478 e. The molecule has 0 unspecified atom stereocenters. The number of benzene rings is 1. The number of aromatic carboxylic acids is 1. The maximum absolute atomic E-state index is 11.2. The van der Waals surface area contributed by atoms with Crippen molar-refractivity contribution < 1.29 is 14.8 Å². The number of nitrogens with zero attached hydrogens (tertiary/aromatic N) is 3. The second kappa shape index (κ2) is 5.96. The number of carboxylic acids is 1. The smallest absolute Gasteiger partial charge is 0.335 e. The Kier molecular flexibility index (Phi) is 4.27. The Hall–Kier alpha value is -2.35. The van der Waals surface area contributed by atoms with Crippen molar-refractivity contribution in [3.8, 4) is 0 Å². The number of hydrogen-bond acceptors (Lipinski definition) is 5. The summed E-state index contributed by atoms with van der Waals surface area (Å²) in [5.74, 6) is -1.04. The molecule has 110 valence electrons. The zero-order valence-electron chi connectivity index (χ0n) is 11.4. The van der Waals surface area contributed by atoms with Crippen molar-refractivity contribution >= 4 is 23.4 Å². The molecule has 0 spiro atoms. The average Bonchev–Trinajstić information content (AvgIpc) is 2.75. The zero-order chi connectivity index (χ0) is 15.6. The number of rotatable bonds is 5. The fourth-order valence-electron chi connectivity index (χ4n) is 1.89. The number of aryl methyl sites for hydroxylation is 2. The summed E-state index contributed by atoms with van der Waals surface area (Å²) in [6.07, 6.45) is 0.458. The molecule has 0 aliphatic rings. The summed E-state index contributed by atoms with van der Waals surface area (Å²) < 4.78 is 1.45. The number of nitro groups is 1. The molecule has 0 fully saturated rings. The standard InChI is InChI=1S/C13H13N3O4S/c1-3-10-11(16(19)20)12(15(2)14-10)21-9-6-4-5-8(7-9)13(17)18/h4-7H,3H2,1-2H3,(H,17,18). The van der Waals surface area contributed by atoms with Crippen LogP contribution in [0.15, 0.2) is 34.2 Å². The van der Waals surface area contributed by atoms with Crippen LogP contribution in [-0.4, -0.2) is 25.8 Å². The Morgan fingerprint density at radius 2 is 2.24 bits per heavy atom. The molecule has 1 N–H and O–H groups in total. The molecule has 0 atom stereocenters. The van der Waals surface area contributed by atoms with Crippen molar-refractivity contribution in [1.29, 1.82) is 0 Å². The third-order valence-corrected chi connectivity index (χ3v) is 3.99. The second-order valence-electron chi connectivity index (χ2n) is 4.27. The highest BCUT2D eigenvalue weighted by molar-refractivity contribution is 7.99. The molecule has 0 saturated carbocycles. The Morgan fingerprint density at radius 1 is 1.52 bits per heavy atom. The summed E-state index contributed by atoms with van der Waals surface area (Å²) >= 11 is 1.13. The number of carbonyl (C=O) groups is 1. The average molecular weight is 307 g/mol. The number of carboxylic acid groups (broad SMARTS) is 1. The van der Waals surface area contributed by atoms with Gasteiger partial charge in [0.2, 0.25) is 0 Å². The summed E-state index contributed by atoms with van der Waals surface area (Å²) in [5.41, 5.74) is 0.533. The summed E-state index contributed by atoms with van der Waals surface area (Å²) in [6.45, 7) is 1.80. The Labute approximate surface area is 124 Å². The van der Waals surface area contributed by atoms with Gasteiger partial charge in [0.1, 0.15) is 5.69 Å². The monoisotopic (exact) mass is 307 g/mol. The first-order valence-corrected chi connectivity index (χ1v) is 6.97. The van der Waals surface area contributed by atoms with Crippen molar-refractivity contribution in [3.05, 3.63) is 45.6 Å². The first-order valence-electron chi connectivity index (χ1n) is 6.15. The molecule has 1 aromatic heterocycles. The van der Waals surface area contributed by atoms with E-state index in [0.717, 1.165) is 11.8 Å². The van der Waals surface area contributed by atoms with E-state index >= 15 is 0 Å². The van der Waals surface area contributed by atoms with Gasteiger partial charge in [0.05, 0.1) is 10.5 Å². The number of aromatic nitrogens is 2. The molecule has 0 aliphatic heterocycles. The number of hydrogen-bond donors (Lipinski definition) is 1. The fourth-order valence-corrected chi connectivity index (χ4v) is 2.91. The molecule has 0 bridgehead atoms. The van der Waals surface area contributed by atoms with Crippen LogP contribution >= 0.6 is 11.8 Å². The van der Waals surface area contributed by atoms with Crippen LogP contribution in [0.1, 0.15) is 23.0 Å². The van der Waals surface area contributed by atoms with Crippen LogP contribution in [0.5, 0.6) is 0 Å². The molecule has 1 heterocycles. The molecule has 1 aromatic carbocycles. The SMILES string of the molecule is CCc1nn(C)c(Sc2cccc(C(=O)O)c2)c1[N+](=O)[O-]. The summed E-state index contributed by atoms with van der Waals surface area (Å²) in [5, 5.41) is 24.7. The molecular weight excluding hydrogens is 294 g/mol. The van der Waals surface area contributed by atoms with Gasteiger partial charge in [0.15, 0.2) is 5.03 Å². The summed E-state index contributed by atoms with van der Waals surface area (Å²) in [4.78, 5) is 22.4. The normalized spacial score (nSPS) is 10.6. The maximum atomic E-state index is 11.2. The lowest BCUT2D eigenvalue weighted by molar-refractivity contribution is -0.388. The van der Waals surface area contributed by atoms with Crippen molar-refractivity contribution in [2.24, 2.45) is 7.05 Å². The first-order chi connectivity index (χ1) is 9.93. The molecule has 0 amide bonds. The van der Waals surface area contributed by atoms with Gasteiger partial charge in [-0.25, -0.2) is 4.79 Å². The molecule has 8 heteroatoms. The van der Waals surface area contributed by atoms with Crippen LogP contribution in [0.3, 0.4) is 0 Å². The summed E-state index contributed by atoms with van der Waals surface area (Å²) in [7, 11) is 1.63. The fraction of sp³-hybridized carbons (Fsp3) is 0.231. The van der Waals surface area contributed by atoms with Crippen molar-refractivity contribution in [2.45, 2.75) is 23.3 Å². The van der Waals surface area contributed by atoms with Gasteiger partial charge in [-0.05, 0) is 24.6 Å². The van der Waals surface area contributed by atoms with Gasteiger partial charge in [0.25, 0.3) is 0 Å². The van der Waals surface area contributed by atoms with E-state index in [1.807, 2.05) is 0 Å². The van der Waals surface area contributed by atoms with E-state index in [9.17, 15) is 14.9 Å². The molecule has 0 aliphatic carbocycles. The molecule has 7 nitrogen and oxygen atoms in total. The van der Waals surface area contributed by atoms with Gasteiger partial charge in [-0.15, -0.1) is 0 Å². The highest BCUT2D eigenvalue weighted by Gasteiger charge is 2.26. The molecular formula is C13H13N3O4S. The third-order valence-electron chi connectivity index (χ3n) is 2.85. The van der Waals surface area contributed by atoms with Crippen LogP contribution in [-0.2, 0) is 13.5 Å². The van der Waals surface area contributed by atoms with Crippen LogP contribution in [0.4, 0.5) is 5.69 Å². The van der Waals surface area contributed by atoms with Gasteiger partial charge in [0, 0.05) is 11.9 Å². The molecule has 2 aromatic rings. The van der Waals surface area contributed by atoms with E-state index in [4.69, 9.17) is 5.11 Å². The molecule has 0 saturated heterocycles. The lowest BCUT2D eigenvalue weighted by Crippen LogP contribution is -1.97. The quantitative estimate of drug-likeness (QED) is 0.673. The van der Waals surface area contributed by atoms with Crippen LogP contribution in [0.25, 0.3) is 0 Å². The first kappa shape index (κ1) is 15.0. The van der Waals surface area contributed by atoms with Gasteiger partial charge in [-0.2, -0.15) is 5.10 Å². The van der Waals surface area contributed by atoms with E-state index in [-0.39, 0.29) is 11.3 Å². The van der Waals surface area contributed by atoms with Crippen molar-refractivity contribution in [1.82, 2.24) is 9.78 Å². The molecule has 2 rings (SSSR count). The Bertz CT molecular complexity index is 711. The lowest BCUT2D eigenvalue weighted by Gasteiger charge is -2.03. The Morgan fingerprint density at radius 3 is 2.81 bits per heavy atom. The van der Waals surface area contributed by atoms with E-state index < -0.39 is 10.9 Å². The summed E-state index contributed by atoms with van der Waals surface area (Å²) in [6, 6.07) is 6.27. The van der Waals surface area contributed by atoms with Crippen LogP contribution < -0.4 is 0 Å². The predicted molar refractivity (Wildman–Crippen MR) is 76.8 cm³/mol. The van der Waals surface area contributed by atoms with E-state index in [0.29, 0.717) is 22.0 Å². The second-order valence-corrected chi connectivity index (χ2v) is 5.33. The van der Waals surface area contributed by atoms with Gasteiger partial charge in [-0.1, -0.05) is 24.8 Å². The van der Waals surface area contributed by atoms with E-state index in [2.05, 4.69) is 5.10 Å². The maximum Gasteiger partial charge on any atom is 0.335 e. The van der Waals surface area contributed by atoms with Gasteiger partial charge >= 0.3 is 11.7 Å². The lowest BCUT2D eigenvalue weighted by atomic mass is 10.2. The molecule has 0 radical (unpaired) electrons. The van der Waals surface area contributed by atoms with Crippen molar-refractivity contribution in [3.63, 3.8) is 0 Å². The molecule has 21 heavy (non-hydrogen) atoms. The van der Waals surface area contributed by atoms with Crippen LogP contribution in [0.2, 0.25) is 0 Å². The topological polar surface area (TPSA) is 98.3 Å².